The van der Waals surface area contributed by atoms with Crippen LogP contribution in [0.25, 0.3) is 0 Å². The quantitative estimate of drug-likeness (QED) is 0.746. The van der Waals surface area contributed by atoms with Crippen LogP contribution in [0.1, 0.15) is 36.0 Å². The molecule has 0 radical (unpaired) electrons. The van der Waals surface area contributed by atoms with Gasteiger partial charge in [-0.3, -0.25) is 4.79 Å². The summed E-state index contributed by atoms with van der Waals surface area (Å²) >= 11 is 3.97. The number of benzene rings is 1. The standard InChI is InChI=1S/C14H18FNO2S/c15-11-6-5-9(7-13(11)19)14(18)16-12-4-2-1-3-10(12)8-17/h5-7,10,12,17,19H,1-4,8H2,(H,16,18). The molecule has 0 saturated heterocycles. The molecule has 1 aliphatic carbocycles. The van der Waals surface area contributed by atoms with Crippen molar-refractivity contribution in [1.82, 2.24) is 5.32 Å². The molecule has 3 nitrogen and oxygen atoms in total. The molecule has 5 heteroatoms. The van der Waals surface area contributed by atoms with E-state index in [1.807, 2.05) is 0 Å². The minimum atomic E-state index is -0.439. The molecule has 1 aliphatic rings. The van der Waals surface area contributed by atoms with E-state index in [9.17, 15) is 14.3 Å². The summed E-state index contributed by atoms with van der Waals surface area (Å²) in [6.45, 7) is 0.0895. The Morgan fingerprint density at radius 1 is 1.42 bits per heavy atom. The summed E-state index contributed by atoms with van der Waals surface area (Å²) in [5, 5.41) is 12.2. The number of carbonyl (C=O) groups is 1. The van der Waals surface area contributed by atoms with Gasteiger partial charge in [-0.15, -0.1) is 12.6 Å². The summed E-state index contributed by atoms with van der Waals surface area (Å²) in [4.78, 5) is 12.3. The summed E-state index contributed by atoms with van der Waals surface area (Å²) in [5.41, 5.74) is 0.397. The molecule has 2 rings (SSSR count). The Balaban J connectivity index is 2.05. The number of thiol groups is 1. The second kappa shape index (κ2) is 6.39. The molecule has 2 unspecified atom stereocenters. The number of carbonyl (C=O) groups excluding carboxylic acids is 1. The van der Waals surface area contributed by atoms with E-state index in [1.54, 1.807) is 0 Å². The number of amides is 1. The lowest BCUT2D eigenvalue weighted by Gasteiger charge is -2.30. The highest BCUT2D eigenvalue weighted by Gasteiger charge is 2.26. The van der Waals surface area contributed by atoms with Crippen molar-refractivity contribution in [3.8, 4) is 0 Å². The zero-order valence-corrected chi connectivity index (χ0v) is 11.5. The van der Waals surface area contributed by atoms with Crippen LogP contribution in [-0.2, 0) is 0 Å². The van der Waals surface area contributed by atoms with Gasteiger partial charge in [0.25, 0.3) is 5.91 Å². The number of aliphatic hydroxyl groups is 1. The number of rotatable bonds is 3. The van der Waals surface area contributed by atoms with Gasteiger partial charge in [-0.05, 0) is 31.0 Å². The maximum absolute atomic E-state index is 13.1. The molecule has 1 amide bonds. The fraction of sp³-hybridized carbons (Fsp3) is 0.500. The molecule has 1 aromatic rings. The second-order valence-electron chi connectivity index (χ2n) is 4.97. The van der Waals surface area contributed by atoms with Crippen LogP contribution in [0.4, 0.5) is 4.39 Å². The Labute approximate surface area is 117 Å². The van der Waals surface area contributed by atoms with Crippen LogP contribution in [-0.4, -0.2) is 23.7 Å². The Hall–Kier alpha value is -1.07. The average molecular weight is 283 g/mol. The van der Waals surface area contributed by atoms with Crippen LogP contribution < -0.4 is 5.32 Å². The first-order valence-corrected chi connectivity index (χ1v) is 6.96. The molecule has 1 fully saturated rings. The number of hydrogen-bond acceptors (Lipinski definition) is 3. The highest BCUT2D eigenvalue weighted by atomic mass is 32.1. The fourth-order valence-electron chi connectivity index (χ4n) is 2.52. The van der Waals surface area contributed by atoms with Gasteiger partial charge in [0, 0.05) is 29.0 Å². The third-order valence-corrected chi connectivity index (χ3v) is 4.01. The molecule has 19 heavy (non-hydrogen) atoms. The normalized spacial score (nSPS) is 23.1. The van der Waals surface area contributed by atoms with E-state index in [1.165, 1.54) is 18.2 Å². The zero-order chi connectivity index (χ0) is 13.8. The number of nitrogens with one attached hydrogen (secondary N) is 1. The minimum absolute atomic E-state index is 0.000305. The summed E-state index contributed by atoms with van der Waals surface area (Å²) in [7, 11) is 0. The van der Waals surface area contributed by atoms with Gasteiger partial charge in [0.1, 0.15) is 5.82 Å². The highest BCUT2D eigenvalue weighted by Crippen LogP contribution is 2.24. The maximum atomic E-state index is 13.1. The van der Waals surface area contributed by atoms with Crippen molar-refractivity contribution in [3.63, 3.8) is 0 Å². The van der Waals surface area contributed by atoms with Crippen molar-refractivity contribution < 1.29 is 14.3 Å². The fourth-order valence-corrected chi connectivity index (χ4v) is 2.74. The van der Waals surface area contributed by atoms with E-state index < -0.39 is 5.82 Å². The SMILES string of the molecule is O=C(NC1CCCCC1CO)c1ccc(F)c(S)c1. The molecule has 2 N–H and O–H groups in total. The molecule has 0 spiro atoms. The van der Waals surface area contributed by atoms with Crippen molar-refractivity contribution in [2.45, 2.75) is 36.6 Å². The molecular formula is C14H18FNO2S. The monoisotopic (exact) mass is 283 g/mol. The van der Waals surface area contributed by atoms with E-state index in [-0.39, 0.29) is 29.4 Å². The topological polar surface area (TPSA) is 49.3 Å². The third kappa shape index (κ3) is 3.48. The average Bonchev–Trinajstić information content (AvgIpc) is 2.42. The molecule has 0 heterocycles. The summed E-state index contributed by atoms with van der Waals surface area (Å²) in [6.07, 6.45) is 3.96. The van der Waals surface area contributed by atoms with Gasteiger partial charge in [-0.1, -0.05) is 12.8 Å². The van der Waals surface area contributed by atoms with Crippen LogP contribution in [0.3, 0.4) is 0 Å². The first kappa shape index (κ1) is 14.3. The molecule has 1 saturated carbocycles. The molecule has 0 bridgehead atoms. The Bertz CT molecular complexity index is 467. The van der Waals surface area contributed by atoms with Crippen LogP contribution >= 0.6 is 12.6 Å². The highest BCUT2D eigenvalue weighted by molar-refractivity contribution is 7.80. The molecule has 1 aromatic carbocycles. The van der Waals surface area contributed by atoms with Gasteiger partial charge in [0.2, 0.25) is 0 Å². The minimum Gasteiger partial charge on any atom is -0.396 e. The lowest BCUT2D eigenvalue weighted by molar-refractivity contribution is 0.0872. The van der Waals surface area contributed by atoms with Gasteiger partial charge in [0.05, 0.1) is 0 Å². The van der Waals surface area contributed by atoms with Crippen LogP contribution in [0, 0.1) is 11.7 Å². The summed E-state index contributed by atoms with van der Waals surface area (Å²) in [6, 6.07) is 4.10. The first-order chi connectivity index (χ1) is 9.11. The zero-order valence-electron chi connectivity index (χ0n) is 10.6. The Morgan fingerprint density at radius 2 is 2.16 bits per heavy atom. The van der Waals surface area contributed by atoms with Gasteiger partial charge >= 0.3 is 0 Å². The molecule has 104 valence electrons. The lowest BCUT2D eigenvalue weighted by Crippen LogP contribution is -2.43. The molecular weight excluding hydrogens is 265 g/mol. The van der Waals surface area contributed by atoms with E-state index in [2.05, 4.69) is 17.9 Å². The number of hydrogen-bond donors (Lipinski definition) is 3. The number of aliphatic hydroxyl groups excluding tert-OH is 1. The predicted octanol–water partition coefficient (Wildman–Crippen LogP) is 2.40. The van der Waals surface area contributed by atoms with Gasteiger partial charge < -0.3 is 10.4 Å². The van der Waals surface area contributed by atoms with Crippen molar-refractivity contribution in [1.29, 1.82) is 0 Å². The van der Waals surface area contributed by atoms with Crippen molar-refractivity contribution in [3.05, 3.63) is 29.6 Å². The van der Waals surface area contributed by atoms with Gasteiger partial charge in [-0.25, -0.2) is 4.39 Å². The van der Waals surface area contributed by atoms with Crippen LogP contribution in [0.15, 0.2) is 23.1 Å². The third-order valence-electron chi connectivity index (χ3n) is 3.67. The predicted molar refractivity (Wildman–Crippen MR) is 74.0 cm³/mol. The Morgan fingerprint density at radius 3 is 2.84 bits per heavy atom. The van der Waals surface area contributed by atoms with E-state index in [4.69, 9.17) is 0 Å². The summed E-state index contributed by atoms with van der Waals surface area (Å²) < 4.78 is 13.1. The van der Waals surface area contributed by atoms with Crippen LogP contribution in [0.5, 0.6) is 0 Å². The van der Waals surface area contributed by atoms with E-state index in [0.29, 0.717) is 5.56 Å². The smallest absolute Gasteiger partial charge is 0.251 e. The molecule has 2 atom stereocenters. The number of halogens is 1. The van der Waals surface area contributed by atoms with Gasteiger partial charge in [0.15, 0.2) is 0 Å². The van der Waals surface area contributed by atoms with Crippen molar-refractivity contribution >= 4 is 18.5 Å². The van der Waals surface area contributed by atoms with E-state index >= 15 is 0 Å². The second-order valence-corrected chi connectivity index (χ2v) is 5.46. The molecule has 0 aliphatic heterocycles. The first-order valence-electron chi connectivity index (χ1n) is 6.52. The van der Waals surface area contributed by atoms with Crippen molar-refractivity contribution in [2.24, 2.45) is 5.92 Å². The van der Waals surface area contributed by atoms with Crippen LogP contribution in [0.2, 0.25) is 0 Å². The molecule has 0 aromatic heterocycles. The van der Waals surface area contributed by atoms with Gasteiger partial charge in [-0.2, -0.15) is 0 Å². The summed E-state index contributed by atoms with van der Waals surface area (Å²) in [5.74, 6) is -0.556. The Kier molecular flexibility index (Phi) is 4.82. The van der Waals surface area contributed by atoms with E-state index in [0.717, 1.165) is 25.7 Å². The lowest BCUT2D eigenvalue weighted by atomic mass is 9.85. The largest absolute Gasteiger partial charge is 0.396 e. The van der Waals surface area contributed by atoms with Crippen molar-refractivity contribution in [2.75, 3.05) is 6.61 Å². The maximum Gasteiger partial charge on any atom is 0.251 e.